The number of hydrogen-bond acceptors (Lipinski definition) is 2. The molecule has 0 saturated carbocycles. The maximum atomic E-state index is 4.92. The Labute approximate surface area is 127 Å². The highest BCUT2D eigenvalue weighted by Gasteiger charge is 2.22. The second-order valence-electron chi connectivity index (χ2n) is 6.15. The summed E-state index contributed by atoms with van der Waals surface area (Å²) < 4.78 is 2.44. The minimum Gasteiger partial charge on any atom is -0.311 e. The summed E-state index contributed by atoms with van der Waals surface area (Å²) in [5, 5.41) is 3.44. The van der Waals surface area contributed by atoms with Crippen molar-refractivity contribution in [1.29, 1.82) is 0 Å². The molecule has 0 atom stereocenters. The van der Waals surface area contributed by atoms with Crippen molar-refractivity contribution in [3.05, 3.63) is 47.0 Å². The Morgan fingerprint density at radius 3 is 2.86 bits per heavy atom. The topological polar surface area (TPSA) is 29.9 Å². The smallest absolute Gasteiger partial charge is 0.113 e. The number of rotatable bonds is 4. The summed E-state index contributed by atoms with van der Waals surface area (Å²) in [6.45, 7) is 8.72. The minimum absolute atomic E-state index is 0.524. The van der Waals surface area contributed by atoms with E-state index in [9.17, 15) is 0 Å². The Hall–Kier alpha value is -1.61. The van der Waals surface area contributed by atoms with Crippen LogP contribution in [0.1, 0.15) is 55.9 Å². The van der Waals surface area contributed by atoms with Crippen molar-refractivity contribution in [2.45, 2.75) is 52.5 Å². The molecule has 112 valence electrons. The van der Waals surface area contributed by atoms with Crippen molar-refractivity contribution in [3.8, 4) is 5.69 Å². The third-order valence-corrected chi connectivity index (χ3v) is 4.23. The van der Waals surface area contributed by atoms with E-state index < -0.39 is 0 Å². The molecule has 0 unspecified atom stereocenters. The molecule has 0 amide bonds. The molecular weight excluding hydrogens is 258 g/mol. The molecule has 1 aromatic carbocycles. The van der Waals surface area contributed by atoms with Gasteiger partial charge in [0.15, 0.2) is 0 Å². The first-order valence-corrected chi connectivity index (χ1v) is 8.11. The molecule has 3 heteroatoms. The molecule has 0 radical (unpaired) electrons. The molecular formula is C18H25N3. The van der Waals surface area contributed by atoms with Crippen LogP contribution in [0.2, 0.25) is 0 Å². The van der Waals surface area contributed by atoms with E-state index in [1.54, 1.807) is 0 Å². The summed E-state index contributed by atoms with van der Waals surface area (Å²) in [5.41, 5.74) is 5.38. The maximum absolute atomic E-state index is 4.92. The number of fused-ring (bicyclic) bond motifs is 1. The molecule has 1 N–H and O–H groups in total. The molecule has 0 spiro atoms. The van der Waals surface area contributed by atoms with E-state index in [0.717, 1.165) is 32.4 Å². The third-order valence-electron chi connectivity index (χ3n) is 4.23. The van der Waals surface area contributed by atoms with Crippen LogP contribution in [0.15, 0.2) is 24.3 Å². The fraction of sp³-hybridized carbons (Fsp3) is 0.500. The van der Waals surface area contributed by atoms with Crippen LogP contribution in [-0.2, 0) is 19.4 Å². The molecule has 2 aromatic rings. The predicted molar refractivity (Wildman–Crippen MR) is 87.1 cm³/mol. The van der Waals surface area contributed by atoms with Crippen molar-refractivity contribution >= 4 is 0 Å². The normalized spacial score (nSPS) is 14.5. The van der Waals surface area contributed by atoms with Crippen LogP contribution < -0.4 is 5.32 Å². The van der Waals surface area contributed by atoms with E-state index in [2.05, 4.69) is 54.9 Å². The lowest BCUT2D eigenvalue weighted by Crippen LogP contribution is -2.25. The number of imidazole rings is 1. The van der Waals surface area contributed by atoms with Gasteiger partial charge in [-0.3, -0.25) is 0 Å². The Kier molecular flexibility index (Phi) is 4.11. The van der Waals surface area contributed by atoms with Crippen molar-refractivity contribution in [2.24, 2.45) is 0 Å². The molecule has 0 aliphatic carbocycles. The van der Waals surface area contributed by atoms with Crippen molar-refractivity contribution < 1.29 is 0 Å². The van der Waals surface area contributed by atoms with Gasteiger partial charge < -0.3 is 9.88 Å². The minimum atomic E-state index is 0.524. The van der Waals surface area contributed by atoms with E-state index in [1.807, 2.05) is 0 Å². The zero-order valence-corrected chi connectivity index (χ0v) is 13.3. The first-order chi connectivity index (χ1) is 10.2. The largest absolute Gasteiger partial charge is 0.311 e. The number of aryl methyl sites for hydroxylation is 1. The molecule has 1 aromatic heterocycles. The molecule has 1 aliphatic rings. The highest BCUT2D eigenvalue weighted by Crippen LogP contribution is 2.28. The molecule has 1 aliphatic heterocycles. The standard InChI is InChI=1S/C18H25N3/c1-4-7-18-20-15-12-19-11-10-17(15)21(18)16-9-6-5-8-14(16)13(2)3/h5-6,8-9,13,19H,4,7,10-12H2,1-3H3. The van der Waals surface area contributed by atoms with Crippen LogP contribution in [0.4, 0.5) is 0 Å². The van der Waals surface area contributed by atoms with Crippen molar-refractivity contribution in [1.82, 2.24) is 14.9 Å². The summed E-state index contributed by atoms with van der Waals surface area (Å²) in [7, 11) is 0. The zero-order chi connectivity index (χ0) is 14.8. The number of nitrogens with zero attached hydrogens (tertiary/aromatic N) is 2. The van der Waals surface area contributed by atoms with Gasteiger partial charge in [-0.2, -0.15) is 0 Å². The van der Waals surface area contributed by atoms with Gasteiger partial charge in [0.25, 0.3) is 0 Å². The van der Waals surface area contributed by atoms with E-state index >= 15 is 0 Å². The number of aromatic nitrogens is 2. The zero-order valence-electron chi connectivity index (χ0n) is 13.3. The first-order valence-electron chi connectivity index (χ1n) is 8.11. The number of benzene rings is 1. The lowest BCUT2D eigenvalue weighted by atomic mass is 10.0. The summed E-state index contributed by atoms with van der Waals surface area (Å²) in [4.78, 5) is 4.92. The molecule has 2 heterocycles. The van der Waals surface area contributed by atoms with Gasteiger partial charge in [-0.15, -0.1) is 0 Å². The molecule has 3 rings (SSSR count). The molecule has 3 nitrogen and oxygen atoms in total. The molecule has 21 heavy (non-hydrogen) atoms. The highest BCUT2D eigenvalue weighted by atomic mass is 15.1. The number of hydrogen-bond donors (Lipinski definition) is 1. The summed E-state index contributed by atoms with van der Waals surface area (Å²) in [6.07, 6.45) is 3.24. The predicted octanol–water partition coefficient (Wildman–Crippen LogP) is 3.59. The lowest BCUT2D eigenvalue weighted by molar-refractivity contribution is 0.619. The van der Waals surface area contributed by atoms with Gasteiger partial charge in [0, 0.05) is 31.6 Å². The van der Waals surface area contributed by atoms with Crippen LogP contribution >= 0.6 is 0 Å². The lowest BCUT2D eigenvalue weighted by Gasteiger charge is -2.20. The Morgan fingerprint density at radius 1 is 1.29 bits per heavy atom. The van der Waals surface area contributed by atoms with Crippen molar-refractivity contribution in [3.63, 3.8) is 0 Å². The average molecular weight is 283 g/mol. The van der Waals surface area contributed by atoms with Gasteiger partial charge >= 0.3 is 0 Å². The van der Waals surface area contributed by atoms with E-state index in [0.29, 0.717) is 5.92 Å². The summed E-state index contributed by atoms with van der Waals surface area (Å²) in [5.74, 6) is 1.75. The summed E-state index contributed by atoms with van der Waals surface area (Å²) >= 11 is 0. The van der Waals surface area contributed by atoms with Crippen LogP contribution in [0.5, 0.6) is 0 Å². The van der Waals surface area contributed by atoms with Crippen LogP contribution in [0, 0.1) is 0 Å². The molecule has 0 fully saturated rings. The monoisotopic (exact) mass is 283 g/mol. The second-order valence-corrected chi connectivity index (χ2v) is 6.15. The Bertz CT molecular complexity index is 625. The fourth-order valence-electron chi connectivity index (χ4n) is 3.22. The average Bonchev–Trinajstić information content (AvgIpc) is 2.85. The first kappa shape index (κ1) is 14.3. The van der Waals surface area contributed by atoms with Crippen molar-refractivity contribution in [2.75, 3.05) is 6.54 Å². The highest BCUT2D eigenvalue weighted by molar-refractivity contribution is 5.46. The van der Waals surface area contributed by atoms with Gasteiger partial charge in [0.1, 0.15) is 5.82 Å². The quantitative estimate of drug-likeness (QED) is 0.929. The van der Waals surface area contributed by atoms with E-state index in [4.69, 9.17) is 4.98 Å². The second kappa shape index (κ2) is 6.02. The summed E-state index contributed by atoms with van der Waals surface area (Å²) in [6, 6.07) is 8.79. The SMILES string of the molecule is CCCc1nc2c(n1-c1ccccc1C(C)C)CCNC2. The molecule has 0 saturated heterocycles. The van der Waals surface area contributed by atoms with Crippen LogP contribution in [-0.4, -0.2) is 16.1 Å². The Morgan fingerprint density at radius 2 is 2.10 bits per heavy atom. The molecule has 0 bridgehead atoms. The van der Waals surface area contributed by atoms with Gasteiger partial charge in [-0.1, -0.05) is 39.0 Å². The van der Waals surface area contributed by atoms with Gasteiger partial charge in [0.05, 0.1) is 11.4 Å². The number of nitrogens with one attached hydrogen (secondary N) is 1. The van der Waals surface area contributed by atoms with Crippen LogP contribution in [0.25, 0.3) is 5.69 Å². The van der Waals surface area contributed by atoms with Crippen LogP contribution in [0.3, 0.4) is 0 Å². The van der Waals surface area contributed by atoms with Gasteiger partial charge in [-0.25, -0.2) is 4.98 Å². The fourth-order valence-corrected chi connectivity index (χ4v) is 3.22. The van der Waals surface area contributed by atoms with E-state index in [-0.39, 0.29) is 0 Å². The Balaban J connectivity index is 2.19. The maximum Gasteiger partial charge on any atom is 0.113 e. The van der Waals surface area contributed by atoms with Gasteiger partial charge in [0.2, 0.25) is 0 Å². The van der Waals surface area contributed by atoms with E-state index in [1.165, 1.54) is 28.5 Å². The number of para-hydroxylation sites is 1. The third kappa shape index (κ3) is 2.62. The van der Waals surface area contributed by atoms with Gasteiger partial charge in [-0.05, 0) is 24.0 Å².